The molecule has 1 amide bonds. The predicted molar refractivity (Wildman–Crippen MR) is 125 cm³/mol. The molecule has 4 aromatic rings. The van der Waals surface area contributed by atoms with Crippen LogP contribution < -0.4 is 10.2 Å². The average Bonchev–Trinajstić information content (AvgIpc) is 2.80. The topological polar surface area (TPSA) is 63.6 Å². The summed E-state index contributed by atoms with van der Waals surface area (Å²) in [7, 11) is 0. The molecule has 0 unspecified atom stereocenters. The molecule has 0 saturated carbocycles. The van der Waals surface area contributed by atoms with Crippen LogP contribution >= 0.6 is 11.6 Å². The molecular weight excluding hydrogens is 410 g/mol. The van der Waals surface area contributed by atoms with Gasteiger partial charge in [-0.3, -0.25) is 4.79 Å². The van der Waals surface area contributed by atoms with Crippen molar-refractivity contribution in [3.8, 4) is 17.0 Å². The number of fused-ring (bicyclic) bond motifs is 1. The largest absolute Gasteiger partial charge is 0.493 e. The van der Waals surface area contributed by atoms with Crippen LogP contribution in [0.2, 0.25) is 5.02 Å². The van der Waals surface area contributed by atoms with Gasteiger partial charge in [-0.05, 0) is 37.3 Å². The first kappa shape index (κ1) is 20.6. The smallest absolute Gasteiger partial charge is 0.272 e. The Morgan fingerprint density at radius 3 is 2.65 bits per heavy atom. The van der Waals surface area contributed by atoms with Gasteiger partial charge < -0.3 is 4.74 Å². The van der Waals surface area contributed by atoms with E-state index >= 15 is 0 Å². The Morgan fingerprint density at radius 1 is 1.06 bits per heavy atom. The average molecular weight is 430 g/mol. The van der Waals surface area contributed by atoms with Crippen molar-refractivity contribution < 1.29 is 9.53 Å². The van der Waals surface area contributed by atoms with Gasteiger partial charge in [0.1, 0.15) is 5.75 Å². The molecule has 0 fully saturated rings. The molecule has 0 radical (unpaired) electrons. The third-order valence-corrected chi connectivity index (χ3v) is 4.91. The van der Waals surface area contributed by atoms with Gasteiger partial charge in [0.2, 0.25) is 0 Å². The maximum atomic E-state index is 13.0. The number of nitrogens with zero attached hydrogens (tertiary/aromatic N) is 2. The molecule has 154 valence electrons. The number of pyridine rings is 1. The number of rotatable bonds is 6. The fraction of sp³-hybridized carbons (Fsp3) is 0.0800. The second-order valence-corrected chi connectivity index (χ2v) is 7.19. The highest BCUT2D eigenvalue weighted by Crippen LogP contribution is 2.25. The van der Waals surface area contributed by atoms with Gasteiger partial charge in [-0.1, -0.05) is 60.1 Å². The Morgan fingerprint density at radius 2 is 1.84 bits per heavy atom. The van der Waals surface area contributed by atoms with Crippen LogP contribution in [0.3, 0.4) is 0 Å². The van der Waals surface area contributed by atoms with Crippen molar-refractivity contribution in [1.82, 2.24) is 10.4 Å². The number of amides is 1. The van der Waals surface area contributed by atoms with Crippen molar-refractivity contribution >= 4 is 34.6 Å². The zero-order chi connectivity index (χ0) is 21.6. The van der Waals surface area contributed by atoms with Gasteiger partial charge in [-0.25, -0.2) is 10.4 Å². The SMILES string of the molecule is CCOc1ccc(Cl)cc1/C=N\NC(=O)c1cc(-c2ccccc2)nc2ccccc12. The summed E-state index contributed by atoms with van der Waals surface area (Å²) in [6.45, 7) is 2.41. The maximum Gasteiger partial charge on any atom is 0.272 e. The lowest BCUT2D eigenvalue weighted by Gasteiger charge is -2.09. The van der Waals surface area contributed by atoms with Gasteiger partial charge in [0.15, 0.2) is 0 Å². The number of hydrazone groups is 1. The fourth-order valence-corrected chi connectivity index (χ4v) is 3.43. The first-order valence-electron chi connectivity index (χ1n) is 9.86. The monoisotopic (exact) mass is 429 g/mol. The zero-order valence-electron chi connectivity index (χ0n) is 16.9. The first-order valence-corrected chi connectivity index (χ1v) is 10.2. The first-order chi connectivity index (χ1) is 15.2. The highest BCUT2D eigenvalue weighted by Gasteiger charge is 2.13. The summed E-state index contributed by atoms with van der Waals surface area (Å²) in [5.41, 5.74) is 6.19. The van der Waals surface area contributed by atoms with Gasteiger partial charge in [0, 0.05) is 21.5 Å². The van der Waals surface area contributed by atoms with E-state index in [4.69, 9.17) is 21.3 Å². The lowest BCUT2D eigenvalue weighted by molar-refractivity contribution is 0.0956. The fourth-order valence-electron chi connectivity index (χ4n) is 3.25. The summed E-state index contributed by atoms with van der Waals surface area (Å²) in [5, 5.41) is 5.44. The molecule has 1 aromatic heterocycles. The normalized spacial score (nSPS) is 11.0. The summed E-state index contributed by atoms with van der Waals surface area (Å²) in [6.07, 6.45) is 1.52. The van der Waals surface area contributed by atoms with Crippen LogP contribution in [-0.2, 0) is 0 Å². The molecule has 0 atom stereocenters. The van der Waals surface area contributed by atoms with E-state index in [0.717, 1.165) is 22.2 Å². The van der Waals surface area contributed by atoms with Crippen LogP contribution in [0.1, 0.15) is 22.8 Å². The minimum absolute atomic E-state index is 0.327. The molecule has 0 aliphatic rings. The van der Waals surface area contributed by atoms with E-state index in [1.807, 2.05) is 61.5 Å². The minimum Gasteiger partial charge on any atom is -0.493 e. The molecule has 0 bridgehead atoms. The number of ether oxygens (including phenoxy) is 1. The van der Waals surface area contributed by atoms with E-state index < -0.39 is 0 Å². The minimum atomic E-state index is -0.327. The number of carbonyl (C=O) groups is 1. The molecular formula is C25H20ClN3O2. The quantitative estimate of drug-likeness (QED) is 0.315. The molecule has 4 rings (SSSR count). The highest BCUT2D eigenvalue weighted by molar-refractivity contribution is 6.30. The summed E-state index contributed by atoms with van der Waals surface area (Å²) in [6, 6.07) is 24.3. The van der Waals surface area contributed by atoms with Crippen LogP contribution in [0.5, 0.6) is 5.75 Å². The number of hydrogen-bond acceptors (Lipinski definition) is 4. The molecule has 1 N–H and O–H groups in total. The predicted octanol–water partition coefficient (Wildman–Crippen LogP) is 5.72. The van der Waals surface area contributed by atoms with Crippen molar-refractivity contribution in [2.75, 3.05) is 6.61 Å². The Labute approximate surface area is 185 Å². The molecule has 0 aliphatic heterocycles. The Kier molecular flexibility index (Phi) is 6.24. The number of para-hydroxylation sites is 1. The van der Waals surface area contributed by atoms with Gasteiger partial charge in [-0.2, -0.15) is 5.10 Å². The number of nitrogens with one attached hydrogen (secondary N) is 1. The van der Waals surface area contributed by atoms with Crippen molar-refractivity contribution in [2.24, 2.45) is 5.10 Å². The lowest BCUT2D eigenvalue weighted by atomic mass is 10.0. The Bertz CT molecular complexity index is 1260. The van der Waals surface area contributed by atoms with E-state index in [9.17, 15) is 4.79 Å². The molecule has 3 aromatic carbocycles. The third kappa shape index (κ3) is 4.73. The van der Waals surface area contributed by atoms with Crippen molar-refractivity contribution in [3.05, 3.63) is 95.0 Å². The molecule has 31 heavy (non-hydrogen) atoms. The number of halogens is 1. The second-order valence-electron chi connectivity index (χ2n) is 6.75. The molecule has 1 heterocycles. The van der Waals surface area contributed by atoms with Gasteiger partial charge >= 0.3 is 0 Å². The molecule has 0 aliphatic carbocycles. The van der Waals surface area contributed by atoms with Crippen LogP contribution in [0, 0.1) is 0 Å². The van der Waals surface area contributed by atoms with Crippen LogP contribution in [-0.4, -0.2) is 23.7 Å². The summed E-state index contributed by atoms with van der Waals surface area (Å²) in [4.78, 5) is 17.7. The lowest BCUT2D eigenvalue weighted by Crippen LogP contribution is -2.18. The molecule has 6 heteroatoms. The maximum absolute atomic E-state index is 13.0. The highest BCUT2D eigenvalue weighted by atomic mass is 35.5. The van der Waals surface area contributed by atoms with E-state index in [1.54, 1.807) is 24.3 Å². The number of hydrogen-bond donors (Lipinski definition) is 1. The zero-order valence-corrected chi connectivity index (χ0v) is 17.6. The van der Waals surface area contributed by atoms with E-state index in [1.165, 1.54) is 6.21 Å². The second kappa shape index (κ2) is 9.41. The third-order valence-electron chi connectivity index (χ3n) is 4.67. The van der Waals surface area contributed by atoms with Gasteiger partial charge in [0.05, 0.1) is 29.6 Å². The molecule has 5 nitrogen and oxygen atoms in total. The van der Waals surface area contributed by atoms with Crippen molar-refractivity contribution in [3.63, 3.8) is 0 Å². The van der Waals surface area contributed by atoms with Gasteiger partial charge in [0.25, 0.3) is 5.91 Å². The summed E-state index contributed by atoms with van der Waals surface area (Å²) < 4.78 is 5.59. The van der Waals surface area contributed by atoms with Crippen molar-refractivity contribution in [2.45, 2.75) is 6.92 Å². The number of benzene rings is 3. The molecule has 0 saturated heterocycles. The van der Waals surface area contributed by atoms with Crippen LogP contribution in [0.15, 0.2) is 84.0 Å². The Balaban J connectivity index is 1.65. The summed E-state index contributed by atoms with van der Waals surface area (Å²) >= 11 is 6.08. The van der Waals surface area contributed by atoms with E-state index in [-0.39, 0.29) is 5.91 Å². The van der Waals surface area contributed by atoms with E-state index in [0.29, 0.717) is 28.5 Å². The van der Waals surface area contributed by atoms with E-state index in [2.05, 4.69) is 10.5 Å². The summed E-state index contributed by atoms with van der Waals surface area (Å²) in [5.74, 6) is 0.317. The number of aromatic nitrogens is 1. The van der Waals surface area contributed by atoms with Gasteiger partial charge in [-0.15, -0.1) is 0 Å². The number of carbonyl (C=O) groups excluding carboxylic acids is 1. The van der Waals surface area contributed by atoms with Crippen LogP contribution in [0.25, 0.3) is 22.2 Å². The molecule has 0 spiro atoms. The Hall–Kier alpha value is -3.70. The standard InChI is InChI=1S/C25H20ClN3O2/c1-2-31-24-13-12-19(26)14-18(24)16-27-29-25(30)21-15-23(17-8-4-3-5-9-17)28-22-11-7-6-10-20(21)22/h3-16H,2H2,1H3,(H,29,30)/b27-16-. The van der Waals surface area contributed by atoms with Crippen LogP contribution in [0.4, 0.5) is 0 Å². The van der Waals surface area contributed by atoms with Crippen molar-refractivity contribution in [1.29, 1.82) is 0 Å².